The number of aromatic nitrogens is 4. The number of nitrogens with one attached hydrogen (secondary N) is 1. The Labute approximate surface area is 153 Å². The third-order valence-corrected chi connectivity index (χ3v) is 3.65. The Morgan fingerprint density at radius 2 is 1.96 bits per heavy atom. The van der Waals surface area contributed by atoms with Crippen LogP contribution >= 0.6 is 0 Å². The molecule has 2 aromatic heterocycles. The number of amides is 1. The predicted molar refractivity (Wildman–Crippen MR) is 96.0 cm³/mol. The largest absolute Gasteiger partial charge is 0.457 e. The van der Waals surface area contributed by atoms with Gasteiger partial charge in [0.15, 0.2) is 5.82 Å². The first-order valence-electron chi connectivity index (χ1n) is 8.15. The van der Waals surface area contributed by atoms with Crippen LogP contribution in [0.4, 0.5) is 10.1 Å². The average molecular weight is 363 g/mol. The average Bonchev–Trinajstić information content (AvgIpc) is 3.05. The van der Waals surface area contributed by atoms with E-state index in [0.717, 1.165) is 0 Å². The topological polar surface area (TPSA) is 81.4 Å². The molecule has 0 saturated heterocycles. The molecule has 0 aliphatic rings. The summed E-state index contributed by atoms with van der Waals surface area (Å²) >= 11 is 0. The van der Waals surface area contributed by atoms with Crippen LogP contribution in [0.1, 0.15) is 5.82 Å². The second kappa shape index (κ2) is 7.20. The summed E-state index contributed by atoms with van der Waals surface area (Å²) in [7, 11) is 0. The summed E-state index contributed by atoms with van der Waals surface area (Å²) in [5, 5.41) is 6.96. The van der Waals surface area contributed by atoms with E-state index in [-0.39, 0.29) is 18.1 Å². The highest BCUT2D eigenvalue weighted by molar-refractivity contribution is 5.91. The van der Waals surface area contributed by atoms with Gasteiger partial charge < -0.3 is 10.1 Å². The second-order valence-corrected chi connectivity index (χ2v) is 5.70. The van der Waals surface area contributed by atoms with Crippen LogP contribution in [0.25, 0.3) is 5.78 Å². The monoisotopic (exact) mass is 363 g/mol. The molecule has 134 valence electrons. The maximum Gasteiger partial charge on any atom is 0.252 e. The first-order valence-corrected chi connectivity index (χ1v) is 8.15. The smallest absolute Gasteiger partial charge is 0.252 e. The van der Waals surface area contributed by atoms with E-state index in [1.807, 2.05) is 0 Å². The summed E-state index contributed by atoms with van der Waals surface area (Å²) in [6, 6.07) is 14.4. The fourth-order valence-corrected chi connectivity index (χ4v) is 2.47. The number of hydrogen-bond donors (Lipinski definition) is 1. The van der Waals surface area contributed by atoms with Crippen molar-refractivity contribution in [3.05, 3.63) is 78.6 Å². The minimum atomic E-state index is -0.368. The molecular formula is C19H14FN5O2. The number of benzene rings is 2. The highest BCUT2D eigenvalue weighted by Gasteiger charge is 2.10. The molecule has 8 heteroatoms. The van der Waals surface area contributed by atoms with E-state index in [4.69, 9.17) is 4.74 Å². The highest BCUT2D eigenvalue weighted by Crippen LogP contribution is 2.23. The van der Waals surface area contributed by atoms with Crippen LogP contribution in [-0.4, -0.2) is 25.5 Å². The van der Waals surface area contributed by atoms with Crippen molar-refractivity contribution in [2.45, 2.75) is 6.42 Å². The zero-order chi connectivity index (χ0) is 18.6. The van der Waals surface area contributed by atoms with Crippen LogP contribution in [0.5, 0.6) is 11.5 Å². The number of anilines is 1. The van der Waals surface area contributed by atoms with Crippen LogP contribution in [-0.2, 0) is 11.2 Å². The van der Waals surface area contributed by atoms with Gasteiger partial charge in [0, 0.05) is 24.1 Å². The van der Waals surface area contributed by atoms with Crippen molar-refractivity contribution in [1.29, 1.82) is 0 Å². The normalized spacial score (nSPS) is 10.7. The molecule has 4 rings (SSSR count). The lowest BCUT2D eigenvalue weighted by atomic mass is 10.2. The van der Waals surface area contributed by atoms with Crippen LogP contribution in [0.2, 0.25) is 0 Å². The van der Waals surface area contributed by atoms with Crippen molar-refractivity contribution in [3.63, 3.8) is 0 Å². The lowest BCUT2D eigenvalue weighted by Gasteiger charge is -2.07. The summed E-state index contributed by atoms with van der Waals surface area (Å²) in [5.74, 6) is 1.15. The second-order valence-electron chi connectivity index (χ2n) is 5.70. The highest BCUT2D eigenvalue weighted by atomic mass is 19.1. The van der Waals surface area contributed by atoms with Crippen molar-refractivity contribution in [3.8, 4) is 11.5 Å². The van der Waals surface area contributed by atoms with Gasteiger partial charge in [0.25, 0.3) is 5.78 Å². The Morgan fingerprint density at radius 1 is 1.11 bits per heavy atom. The molecule has 0 bridgehead atoms. The zero-order valence-electron chi connectivity index (χ0n) is 14.0. The molecule has 0 spiro atoms. The molecule has 2 aromatic carbocycles. The maximum atomic E-state index is 13.2. The Morgan fingerprint density at radius 3 is 2.74 bits per heavy atom. The molecule has 0 aliphatic carbocycles. The molecule has 1 amide bonds. The molecule has 0 aliphatic heterocycles. The number of nitrogens with zero attached hydrogens (tertiary/aromatic N) is 4. The molecule has 7 nitrogen and oxygen atoms in total. The molecule has 2 heterocycles. The Balaban J connectivity index is 1.38. The molecule has 0 atom stereocenters. The minimum absolute atomic E-state index is 0.0326. The third-order valence-electron chi connectivity index (χ3n) is 3.65. The zero-order valence-corrected chi connectivity index (χ0v) is 14.0. The Hall–Kier alpha value is -3.81. The van der Waals surface area contributed by atoms with Gasteiger partial charge in [0.05, 0.1) is 6.42 Å². The van der Waals surface area contributed by atoms with Crippen molar-refractivity contribution in [2.75, 3.05) is 5.32 Å². The molecule has 4 aromatic rings. The van der Waals surface area contributed by atoms with Gasteiger partial charge in [-0.05, 0) is 42.5 Å². The summed E-state index contributed by atoms with van der Waals surface area (Å²) < 4.78 is 20.3. The first kappa shape index (κ1) is 16.6. The van der Waals surface area contributed by atoms with Crippen molar-refractivity contribution in [2.24, 2.45) is 0 Å². The fraction of sp³-hybridized carbons (Fsp3) is 0.0526. The van der Waals surface area contributed by atoms with Gasteiger partial charge in [-0.15, -0.1) is 5.10 Å². The molecule has 0 saturated carbocycles. The molecule has 0 fully saturated rings. The summed E-state index contributed by atoms with van der Waals surface area (Å²) in [4.78, 5) is 20.4. The lowest BCUT2D eigenvalue weighted by Crippen LogP contribution is -2.15. The third kappa shape index (κ3) is 4.06. The van der Waals surface area contributed by atoms with Gasteiger partial charge in [-0.2, -0.15) is 4.98 Å². The standard InChI is InChI=1S/C19H14FN5O2/c20-13-3-1-4-16(11-13)27-15-7-5-14(6-8-15)22-18(26)12-17-23-19-21-9-2-10-25(19)24-17/h1-11H,12H2,(H,22,26). The van der Waals surface area contributed by atoms with E-state index in [9.17, 15) is 9.18 Å². The van der Waals surface area contributed by atoms with E-state index in [0.29, 0.717) is 28.8 Å². The van der Waals surface area contributed by atoms with Gasteiger partial charge in [0.2, 0.25) is 5.91 Å². The first-order chi connectivity index (χ1) is 13.2. The molecule has 0 unspecified atom stereocenters. The van der Waals surface area contributed by atoms with Gasteiger partial charge in [-0.1, -0.05) is 6.07 Å². The van der Waals surface area contributed by atoms with Gasteiger partial charge in [0.1, 0.15) is 17.3 Å². The summed E-state index contributed by atoms with van der Waals surface area (Å²) in [6.07, 6.45) is 3.36. The number of ether oxygens (including phenoxy) is 1. The number of halogens is 1. The van der Waals surface area contributed by atoms with E-state index in [2.05, 4.69) is 20.4 Å². The molecule has 1 N–H and O–H groups in total. The lowest BCUT2D eigenvalue weighted by molar-refractivity contribution is -0.115. The van der Waals surface area contributed by atoms with Crippen LogP contribution in [0.3, 0.4) is 0 Å². The van der Waals surface area contributed by atoms with Crippen LogP contribution in [0.15, 0.2) is 67.0 Å². The Kier molecular flexibility index (Phi) is 4.44. The van der Waals surface area contributed by atoms with Crippen LogP contribution in [0, 0.1) is 5.82 Å². The van der Waals surface area contributed by atoms with E-state index >= 15 is 0 Å². The van der Waals surface area contributed by atoms with E-state index in [1.165, 1.54) is 16.6 Å². The van der Waals surface area contributed by atoms with Crippen molar-refractivity contribution < 1.29 is 13.9 Å². The van der Waals surface area contributed by atoms with Gasteiger partial charge in [-0.3, -0.25) is 4.79 Å². The van der Waals surface area contributed by atoms with E-state index < -0.39 is 0 Å². The SMILES string of the molecule is O=C(Cc1nc2ncccn2n1)Nc1ccc(Oc2cccc(F)c2)cc1. The van der Waals surface area contributed by atoms with Gasteiger partial charge in [-0.25, -0.2) is 13.9 Å². The molecule has 27 heavy (non-hydrogen) atoms. The minimum Gasteiger partial charge on any atom is -0.457 e. The fourth-order valence-electron chi connectivity index (χ4n) is 2.47. The molecule has 0 radical (unpaired) electrons. The van der Waals surface area contributed by atoms with E-state index in [1.54, 1.807) is 54.9 Å². The Bertz CT molecular complexity index is 1060. The van der Waals surface area contributed by atoms with Gasteiger partial charge >= 0.3 is 0 Å². The number of carbonyl (C=O) groups is 1. The predicted octanol–water partition coefficient (Wildman–Crippen LogP) is 3.24. The number of rotatable bonds is 5. The van der Waals surface area contributed by atoms with Crippen molar-refractivity contribution in [1.82, 2.24) is 19.6 Å². The number of hydrogen-bond acceptors (Lipinski definition) is 5. The molecular weight excluding hydrogens is 349 g/mol. The maximum absolute atomic E-state index is 13.2. The van der Waals surface area contributed by atoms with Crippen LogP contribution < -0.4 is 10.1 Å². The summed E-state index contributed by atoms with van der Waals surface area (Å²) in [6.45, 7) is 0. The number of carbonyl (C=O) groups excluding carboxylic acids is 1. The van der Waals surface area contributed by atoms with Crippen molar-refractivity contribution >= 4 is 17.4 Å². The quantitative estimate of drug-likeness (QED) is 0.589. The number of fused-ring (bicyclic) bond motifs is 1. The summed E-state index contributed by atoms with van der Waals surface area (Å²) in [5.41, 5.74) is 0.605.